The summed E-state index contributed by atoms with van der Waals surface area (Å²) in [5.41, 5.74) is 0.479. The van der Waals surface area contributed by atoms with E-state index in [1.54, 1.807) is 0 Å². The molecule has 2 fully saturated rings. The van der Waals surface area contributed by atoms with Gasteiger partial charge in [-0.1, -0.05) is 26.7 Å². The van der Waals surface area contributed by atoms with Crippen LogP contribution in [0.3, 0.4) is 0 Å². The van der Waals surface area contributed by atoms with Crippen molar-refractivity contribution in [3.63, 3.8) is 0 Å². The fraction of sp³-hybridized carbons (Fsp3) is 1.00. The summed E-state index contributed by atoms with van der Waals surface area (Å²) in [4.78, 5) is 0. The molecule has 0 aliphatic heterocycles. The number of fused-ring (bicyclic) bond motifs is 1. The first-order valence-electron chi connectivity index (χ1n) is 5.86. The van der Waals surface area contributed by atoms with Crippen molar-refractivity contribution in [3.05, 3.63) is 0 Å². The molecule has 0 aromatic carbocycles. The first-order chi connectivity index (χ1) is 6.18. The summed E-state index contributed by atoms with van der Waals surface area (Å²) in [5.74, 6) is 1.50. The standard InChI is InChI=1S/C12H22O/c1-3-9-6-7-10-11(13)5-4-8-12(9,10)2/h9-11,13H,3-8H2,1-2H3/t9?,10-,11?,12?/m0/s1. The van der Waals surface area contributed by atoms with E-state index >= 15 is 0 Å². The Kier molecular flexibility index (Phi) is 2.39. The van der Waals surface area contributed by atoms with E-state index in [1.807, 2.05) is 0 Å². The Labute approximate surface area is 81.5 Å². The maximum Gasteiger partial charge on any atom is 0.0573 e. The highest BCUT2D eigenvalue weighted by Gasteiger charge is 2.49. The van der Waals surface area contributed by atoms with Gasteiger partial charge in [-0.3, -0.25) is 0 Å². The monoisotopic (exact) mass is 182 g/mol. The highest BCUT2D eigenvalue weighted by Crippen LogP contribution is 2.56. The predicted octanol–water partition coefficient (Wildman–Crippen LogP) is 2.97. The molecule has 76 valence electrons. The van der Waals surface area contributed by atoms with Crippen LogP contribution >= 0.6 is 0 Å². The fourth-order valence-corrected chi connectivity index (χ4v) is 3.93. The van der Waals surface area contributed by atoms with Gasteiger partial charge in [0.2, 0.25) is 0 Å². The molecule has 2 rings (SSSR count). The molecule has 2 aliphatic carbocycles. The SMILES string of the molecule is CCC1CC[C@H]2C(O)CCCC12C. The minimum absolute atomic E-state index is 0.00954. The van der Waals surface area contributed by atoms with E-state index in [0.717, 1.165) is 12.3 Å². The highest BCUT2D eigenvalue weighted by atomic mass is 16.3. The van der Waals surface area contributed by atoms with Crippen LogP contribution in [0.15, 0.2) is 0 Å². The molecule has 1 nitrogen and oxygen atoms in total. The molecule has 0 amide bonds. The molecule has 2 aliphatic rings. The van der Waals surface area contributed by atoms with Crippen molar-refractivity contribution in [2.75, 3.05) is 0 Å². The summed E-state index contributed by atoms with van der Waals surface area (Å²) in [7, 11) is 0. The first-order valence-corrected chi connectivity index (χ1v) is 5.86. The summed E-state index contributed by atoms with van der Waals surface area (Å²) in [5, 5.41) is 9.96. The number of rotatable bonds is 1. The molecule has 0 aromatic heterocycles. The van der Waals surface area contributed by atoms with Crippen LogP contribution in [-0.4, -0.2) is 11.2 Å². The van der Waals surface area contributed by atoms with Crippen molar-refractivity contribution in [2.24, 2.45) is 17.3 Å². The lowest BCUT2D eigenvalue weighted by atomic mass is 9.64. The highest BCUT2D eigenvalue weighted by molar-refractivity contribution is 4.99. The van der Waals surface area contributed by atoms with Crippen LogP contribution in [0.1, 0.15) is 52.4 Å². The van der Waals surface area contributed by atoms with E-state index in [4.69, 9.17) is 0 Å². The average Bonchev–Trinajstić information content (AvgIpc) is 2.43. The van der Waals surface area contributed by atoms with Crippen LogP contribution < -0.4 is 0 Å². The number of hydrogen-bond donors (Lipinski definition) is 1. The number of aliphatic hydroxyl groups excluding tert-OH is 1. The van der Waals surface area contributed by atoms with Gasteiger partial charge in [-0.25, -0.2) is 0 Å². The number of aliphatic hydroxyl groups is 1. The van der Waals surface area contributed by atoms with Gasteiger partial charge in [-0.15, -0.1) is 0 Å². The van der Waals surface area contributed by atoms with Crippen molar-refractivity contribution >= 4 is 0 Å². The first kappa shape index (κ1) is 9.51. The van der Waals surface area contributed by atoms with Crippen LogP contribution in [0.25, 0.3) is 0 Å². The maximum atomic E-state index is 9.96. The quantitative estimate of drug-likeness (QED) is 0.661. The van der Waals surface area contributed by atoms with E-state index in [0.29, 0.717) is 11.3 Å². The van der Waals surface area contributed by atoms with E-state index in [1.165, 1.54) is 32.1 Å². The summed E-state index contributed by atoms with van der Waals surface area (Å²) in [6.07, 6.45) is 7.59. The molecule has 2 saturated carbocycles. The summed E-state index contributed by atoms with van der Waals surface area (Å²) < 4.78 is 0. The van der Waals surface area contributed by atoms with Gasteiger partial charge in [0.05, 0.1) is 6.10 Å². The van der Waals surface area contributed by atoms with E-state index < -0.39 is 0 Å². The molecule has 0 aromatic rings. The van der Waals surface area contributed by atoms with Crippen molar-refractivity contribution in [3.8, 4) is 0 Å². The Balaban J connectivity index is 2.18. The van der Waals surface area contributed by atoms with Gasteiger partial charge < -0.3 is 5.11 Å². The van der Waals surface area contributed by atoms with Crippen LogP contribution in [-0.2, 0) is 0 Å². The van der Waals surface area contributed by atoms with Gasteiger partial charge in [0.1, 0.15) is 0 Å². The van der Waals surface area contributed by atoms with Gasteiger partial charge in [0, 0.05) is 0 Å². The molecule has 0 heterocycles. The average molecular weight is 182 g/mol. The molecule has 4 atom stereocenters. The number of hydrogen-bond acceptors (Lipinski definition) is 1. The fourth-order valence-electron chi connectivity index (χ4n) is 3.93. The van der Waals surface area contributed by atoms with Gasteiger partial charge in [-0.05, 0) is 42.9 Å². The third-order valence-corrected chi connectivity index (χ3v) is 4.78. The molecule has 13 heavy (non-hydrogen) atoms. The topological polar surface area (TPSA) is 20.2 Å². The van der Waals surface area contributed by atoms with Gasteiger partial charge in [0.15, 0.2) is 0 Å². The Morgan fingerprint density at radius 3 is 2.77 bits per heavy atom. The second kappa shape index (κ2) is 3.27. The van der Waals surface area contributed by atoms with Crippen LogP contribution in [0, 0.1) is 17.3 Å². The van der Waals surface area contributed by atoms with Crippen molar-refractivity contribution in [1.29, 1.82) is 0 Å². The van der Waals surface area contributed by atoms with Gasteiger partial charge in [-0.2, -0.15) is 0 Å². The molecular formula is C12H22O. The molecule has 0 bridgehead atoms. The van der Waals surface area contributed by atoms with Crippen molar-refractivity contribution in [2.45, 2.75) is 58.5 Å². The zero-order chi connectivity index (χ0) is 9.47. The Morgan fingerprint density at radius 2 is 2.08 bits per heavy atom. The zero-order valence-electron chi connectivity index (χ0n) is 8.92. The summed E-state index contributed by atoms with van der Waals surface area (Å²) >= 11 is 0. The molecule has 0 spiro atoms. The minimum Gasteiger partial charge on any atom is -0.393 e. The smallest absolute Gasteiger partial charge is 0.0573 e. The Morgan fingerprint density at radius 1 is 1.31 bits per heavy atom. The predicted molar refractivity (Wildman–Crippen MR) is 54.5 cm³/mol. The molecular weight excluding hydrogens is 160 g/mol. The zero-order valence-corrected chi connectivity index (χ0v) is 8.92. The lowest BCUT2D eigenvalue weighted by Gasteiger charge is -2.43. The third-order valence-electron chi connectivity index (χ3n) is 4.78. The summed E-state index contributed by atoms with van der Waals surface area (Å²) in [6, 6.07) is 0. The van der Waals surface area contributed by atoms with Crippen LogP contribution in [0.4, 0.5) is 0 Å². The van der Waals surface area contributed by atoms with Crippen molar-refractivity contribution in [1.82, 2.24) is 0 Å². The Bertz CT molecular complexity index is 190. The van der Waals surface area contributed by atoms with E-state index in [-0.39, 0.29) is 6.10 Å². The lowest BCUT2D eigenvalue weighted by molar-refractivity contribution is -0.0174. The largest absolute Gasteiger partial charge is 0.393 e. The van der Waals surface area contributed by atoms with Gasteiger partial charge in [0.25, 0.3) is 0 Å². The van der Waals surface area contributed by atoms with Gasteiger partial charge >= 0.3 is 0 Å². The molecule has 0 radical (unpaired) electrons. The van der Waals surface area contributed by atoms with Crippen LogP contribution in [0.2, 0.25) is 0 Å². The molecule has 0 saturated heterocycles. The minimum atomic E-state index is 0.00954. The second-order valence-electron chi connectivity index (χ2n) is 5.25. The maximum absolute atomic E-state index is 9.96. The normalized spacial score (nSPS) is 50.5. The molecule has 1 N–H and O–H groups in total. The Hall–Kier alpha value is -0.0400. The van der Waals surface area contributed by atoms with Crippen LogP contribution in [0.5, 0.6) is 0 Å². The van der Waals surface area contributed by atoms with E-state index in [9.17, 15) is 5.11 Å². The third kappa shape index (κ3) is 1.32. The molecule has 1 heteroatoms. The molecule has 3 unspecified atom stereocenters. The van der Waals surface area contributed by atoms with E-state index in [2.05, 4.69) is 13.8 Å². The van der Waals surface area contributed by atoms with Crippen molar-refractivity contribution < 1.29 is 5.11 Å². The second-order valence-corrected chi connectivity index (χ2v) is 5.25. The lowest BCUT2D eigenvalue weighted by Crippen LogP contribution is -2.39. The summed E-state index contributed by atoms with van der Waals surface area (Å²) in [6.45, 7) is 4.72.